The molecule has 2 aromatic heterocycles. The highest BCUT2D eigenvalue weighted by atomic mass is 32.1. The molecular weight excluding hydrogens is 350 g/mol. The fourth-order valence-electron chi connectivity index (χ4n) is 2.24. The molecular formula is C19H19N3OS2. The van der Waals surface area contributed by atoms with E-state index in [4.69, 9.17) is 0 Å². The van der Waals surface area contributed by atoms with Gasteiger partial charge in [-0.15, -0.1) is 21.5 Å². The molecule has 0 bridgehead atoms. The number of nitrogens with one attached hydrogen (secondary N) is 1. The minimum atomic E-state index is -0.187. The number of nitrogens with zero attached hydrogens (tertiary/aromatic N) is 2. The smallest absolute Gasteiger partial charge is 0.250 e. The number of carbonyl (C=O) groups is 1. The van der Waals surface area contributed by atoms with Crippen LogP contribution in [0.1, 0.15) is 29.7 Å². The maximum atomic E-state index is 12.0. The number of carbonyl (C=O) groups excluding carboxylic acids is 1. The maximum Gasteiger partial charge on any atom is 0.250 e. The molecule has 1 aromatic carbocycles. The predicted octanol–water partition coefficient (Wildman–Crippen LogP) is 5.26. The van der Waals surface area contributed by atoms with E-state index >= 15 is 0 Å². The fourth-order valence-corrected chi connectivity index (χ4v) is 3.94. The number of anilines is 1. The van der Waals surface area contributed by atoms with Crippen LogP contribution in [-0.4, -0.2) is 16.1 Å². The monoisotopic (exact) mass is 369 g/mol. The average Bonchev–Trinajstić information content (AvgIpc) is 3.28. The summed E-state index contributed by atoms with van der Waals surface area (Å²) in [6, 6.07) is 14.3. The Morgan fingerprint density at radius 2 is 1.96 bits per heavy atom. The number of benzene rings is 1. The molecule has 0 unspecified atom stereocenters. The Balaban J connectivity index is 1.57. The molecule has 1 amide bonds. The highest BCUT2D eigenvalue weighted by molar-refractivity contribution is 7.16. The Morgan fingerprint density at radius 1 is 1.12 bits per heavy atom. The Hall–Kier alpha value is -2.31. The van der Waals surface area contributed by atoms with Crippen molar-refractivity contribution in [3.8, 4) is 10.4 Å². The second kappa shape index (κ2) is 8.69. The van der Waals surface area contributed by atoms with E-state index in [-0.39, 0.29) is 5.91 Å². The lowest BCUT2D eigenvalue weighted by Crippen LogP contribution is -2.07. The number of amides is 1. The summed E-state index contributed by atoms with van der Waals surface area (Å²) in [5, 5.41) is 12.4. The van der Waals surface area contributed by atoms with E-state index in [1.54, 1.807) is 11.3 Å². The van der Waals surface area contributed by atoms with Crippen LogP contribution in [0.2, 0.25) is 0 Å². The zero-order chi connectivity index (χ0) is 17.5. The Morgan fingerprint density at radius 3 is 2.76 bits per heavy atom. The Labute approximate surface area is 155 Å². The Bertz CT molecular complexity index is 852. The summed E-state index contributed by atoms with van der Waals surface area (Å²) in [5.41, 5.74) is 1.19. The molecule has 0 saturated heterocycles. The Kier molecular flexibility index (Phi) is 6.09. The van der Waals surface area contributed by atoms with Crippen LogP contribution in [0.15, 0.2) is 48.5 Å². The van der Waals surface area contributed by atoms with Crippen LogP contribution in [0.5, 0.6) is 0 Å². The lowest BCUT2D eigenvalue weighted by molar-refractivity contribution is -0.111. The summed E-state index contributed by atoms with van der Waals surface area (Å²) in [6.45, 7) is 2.14. The first kappa shape index (κ1) is 17.5. The van der Waals surface area contributed by atoms with Crippen molar-refractivity contribution in [1.29, 1.82) is 0 Å². The van der Waals surface area contributed by atoms with Gasteiger partial charge in [0.25, 0.3) is 0 Å². The maximum absolute atomic E-state index is 12.0. The van der Waals surface area contributed by atoms with Crippen molar-refractivity contribution in [2.45, 2.75) is 26.2 Å². The molecule has 0 aliphatic heterocycles. The van der Waals surface area contributed by atoms with E-state index in [0.29, 0.717) is 5.13 Å². The zero-order valence-corrected chi connectivity index (χ0v) is 15.6. The van der Waals surface area contributed by atoms with Gasteiger partial charge in [0, 0.05) is 22.3 Å². The average molecular weight is 370 g/mol. The van der Waals surface area contributed by atoms with E-state index in [0.717, 1.165) is 29.1 Å². The molecule has 0 radical (unpaired) electrons. The summed E-state index contributed by atoms with van der Waals surface area (Å²) < 4.78 is 0. The van der Waals surface area contributed by atoms with Crippen LogP contribution >= 0.6 is 22.7 Å². The minimum absolute atomic E-state index is 0.187. The summed E-state index contributed by atoms with van der Waals surface area (Å²) in [6.07, 6.45) is 6.48. The molecule has 0 atom stereocenters. The highest BCUT2D eigenvalue weighted by Crippen LogP contribution is 2.28. The third kappa shape index (κ3) is 5.08. The van der Waals surface area contributed by atoms with E-state index in [9.17, 15) is 4.79 Å². The summed E-state index contributed by atoms with van der Waals surface area (Å²) in [4.78, 5) is 14.3. The number of thiophene rings is 1. The van der Waals surface area contributed by atoms with Crippen LogP contribution in [0.3, 0.4) is 0 Å². The van der Waals surface area contributed by atoms with Gasteiger partial charge in [-0.3, -0.25) is 10.1 Å². The number of hydrogen-bond donors (Lipinski definition) is 1. The molecule has 0 aliphatic carbocycles. The molecule has 3 aromatic rings. The molecule has 25 heavy (non-hydrogen) atoms. The number of hydrogen-bond acceptors (Lipinski definition) is 5. The van der Waals surface area contributed by atoms with Gasteiger partial charge < -0.3 is 0 Å². The van der Waals surface area contributed by atoms with Crippen LogP contribution in [0.4, 0.5) is 5.13 Å². The third-order valence-corrected chi connectivity index (χ3v) is 5.52. The van der Waals surface area contributed by atoms with Crippen molar-refractivity contribution in [2.24, 2.45) is 0 Å². The van der Waals surface area contributed by atoms with Gasteiger partial charge in [0.2, 0.25) is 11.0 Å². The minimum Gasteiger partial charge on any atom is -0.297 e. The molecule has 2 heterocycles. The van der Waals surface area contributed by atoms with Crippen LogP contribution in [0.25, 0.3) is 16.5 Å². The van der Waals surface area contributed by atoms with Crippen LogP contribution < -0.4 is 5.32 Å². The first-order valence-electron chi connectivity index (χ1n) is 8.21. The topological polar surface area (TPSA) is 54.9 Å². The van der Waals surface area contributed by atoms with Crippen molar-refractivity contribution < 1.29 is 4.79 Å². The molecule has 1 N–H and O–H groups in total. The number of rotatable bonds is 7. The third-order valence-electron chi connectivity index (χ3n) is 3.53. The highest BCUT2D eigenvalue weighted by Gasteiger charge is 2.06. The van der Waals surface area contributed by atoms with Gasteiger partial charge in [0.05, 0.1) is 0 Å². The van der Waals surface area contributed by atoms with E-state index in [2.05, 4.69) is 40.6 Å². The lowest BCUT2D eigenvalue weighted by Gasteiger charge is -1.95. The first-order chi connectivity index (χ1) is 12.2. The molecule has 128 valence electrons. The molecule has 0 saturated carbocycles. The molecule has 6 heteroatoms. The molecule has 0 spiro atoms. The van der Waals surface area contributed by atoms with Crippen molar-refractivity contribution in [3.05, 3.63) is 58.4 Å². The van der Waals surface area contributed by atoms with Crippen LogP contribution in [0, 0.1) is 0 Å². The van der Waals surface area contributed by atoms with Crippen molar-refractivity contribution in [2.75, 3.05) is 5.32 Å². The fraction of sp³-hybridized carbons (Fsp3) is 0.211. The zero-order valence-electron chi connectivity index (χ0n) is 13.9. The molecule has 3 rings (SSSR count). The van der Waals surface area contributed by atoms with E-state index in [1.165, 1.54) is 27.9 Å². The van der Waals surface area contributed by atoms with Crippen molar-refractivity contribution in [3.63, 3.8) is 0 Å². The van der Waals surface area contributed by atoms with E-state index < -0.39 is 0 Å². The van der Waals surface area contributed by atoms with Gasteiger partial charge in [0.1, 0.15) is 5.01 Å². The number of aromatic nitrogens is 2. The van der Waals surface area contributed by atoms with Gasteiger partial charge in [-0.2, -0.15) is 0 Å². The van der Waals surface area contributed by atoms with Gasteiger partial charge in [-0.25, -0.2) is 0 Å². The second-order valence-electron chi connectivity index (χ2n) is 5.50. The quantitative estimate of drug-likeness (QED) is 0.578. The van der Waals surface area contributed by atoms with Gasteiger partial charge in [-0.1, -0.05) is 55.0 Å². The normalized spacial score (nSPS) is 11.1. The number of unbranched alkanes of at least 4 members (excludes halogenated alkanes) is 1. The van der Waals surface area contributed by atoms with E-state index in [1.807, 2.05) is 30.3 Å². The standard InChI is InChI=1S/C19H19N3OS2/c1-2-3-9-18-21-22-19(25-18)20-17(23)13-11-15-10-12-16(24-15)14-7-5-4-6-8-14/h4-8,10-13H,2-3,9H2,1H3,(H,20,22,23)/b13-11+. The first-order valence-corrected chi connectivity index (χ1v) is 9.84. The van der Waals surface area contributed by atoms with Gasteiger partial charge >= 0.3 is 0 Å². The summed E-state index contributed by atoms with van der Waals surface area (Å²) in [5.74, 6) is -0.187. The second-order valence-corrected chi connectivity index (χ2v) is 7.67. The largest absolute Gasteiger partial charge is 0.297 e. The van der Waals surface area contributed by atoms with Crippen molar-refractivity contribution in [1.82, 2.24) is 10.2 Å². The molecule has 0 aliphatic rings. The van der Waals surface area contributed by atoms with Crippen molar-refractivity contribution >= 4 is 39.8 Å². The molecule has 0 fully saturated rings. The van der Waals surface area contributed by atoms with Gasteiger partial charge in [-0.05, 0) is 30.2 Å². The SMILES string of the molecule is CCCCc1nnc(NC(=O)/C=C/c2ccc(-c3ccccc3)s2)s1. The van der Waals surface area contributed by atoms with Crippen LogP contribution in [-0.2, 0) is 11.2 Å². The summed E-state index contributed by atoms with van der Waals surface area (Å²) >= 11 is 3.09. The number of aryl methyl sites for hydroxylation is 1. The predicted molar refractivity (Wildman–Crippen MR) is 106 cm³/mol. The molecule has 4 nitrogen and oxygen atoms in total. The van der Waals surface area contributed by atoms with Gasteiger partial charge in [0.15, 0.2) is 0 Å². The summed E-state index contributed by atoms with van der Waals surface area (Å²) in [7, 11) is 0. The lowest BCUT2D eigenvalue weighted by atomic mass is 10.2.